The van der Waals surface area contributed by atoms with Gasteiger partial charge in [0.15, 0.2) is 0 Å². The minimum atomic E-state index is -1.17. The van der Waals surface area contributed by atoms with Crippen molar-refractivity contribution in [1.82, 2.24) is 5.32 Å². The highest BCUT2D eigenvalue weighted by atomic mass is 16.3. The number of amides is 1. The van der Waals surface area contributed by atoms with Gasteiger partial charge in [-0.15, -0.1) is 0 Å². The molecule has 0 spiro atoms. The van der Waals surface area contributed by atoms with Crippen LogP contribution in [0.25, 0.3) is 0 Å². The Morgan fingerprint density at radius 3 is 1.20 bits per heavy atom. The zero-order chi connectivity index (χ0) is 37.3. The number of allylic oxidation sites excluding steroid dienone is 6. The van der Waals surface area contributed by atoms with Crippen LogP contribution < -0.4 is 5.32 Å². The van der Waals surface area contributed by atoms with Crippen LogP contribution in [0.1, 0.15) is 226 Å². The molecule has 3 atom stereocenters. The minimum Gasteiger partial charge on any atom is -0.394 e. The fourth-order valence-electron chi connectivity index (χ4n) is 6.70. The van der Waals surface area contributed by atoms with Crippen molar-refractivity contribution < 1.29 is 20.1 Å². The second-order valence-corrected chi connectivity index (χ2v) is 15.2. The molecule has 0 fully saturated rings. The summed E-state index contributed by atoms with van der Waals surface area (Å²) in [5.41, 5.74) is 0. The Morgan fingerprint density at radius 1 is 0.471 bits per heavy atom. The molecule has 0 saturated heterocycles. The Bertz CT molecular complexity index is 794. The number of rotatable bonds is 40. The Kier molecular flexibility index (Phi) is 40.2. The van der Waals surface area contributed by atoms with Gasteiger partial charge >= 0.3 is 0 Å². The van der Waals surface area contributed by atoms with Crippen LogP contribution in [0.15, 0.2) is 36.5 Å². The fourth-order valence-corrected chi connectivity index (χ4v) is 6.70. The van der Waals surface area contributed by atoms with Crippen LogP contribution in [-0.2, 0) is 4.79 Å². The van der Waals surface area contributed by atoms with Crippen molar-refractivity contribution >= 4 is 5.91 Å². The summed E-state index contributed by atoms with van der Waals surface area (Å²) in [7, 11) is 0. The van der Waals surface area contributed by atoms with E-state index in [1.807, 2.05) is 0 Å². The Balaban J connectivity index is 3.69. The van der Waals surface area contributed by atoms with Crippen molar-refractivity contribution in [2.45, 2.75) is 244 Å². The monoisotopic (exact) mass is 718 g/mol. The minimum absolute atomic E-state index is 0.163. The maximum atomic E-state index is 12.4. The molecule has 0 saturated carbocycles. The van der Waals surface area contributed by atoms with E-state index in [2.05, 4.69) is 55.6 Å². The summed E-state index contributed by atoms with van der Waals surface area (Å²) in [4.78, 5) is 12.4. The molecule has 1 amide bonds. The van der Waals surface area contributed by atoms with Crippen LogP contribution in [0.4, 0.5) is 0 Å². The van der Waals surface area contributed by atoms with E-state index in [1.54, 1.807) is 0 Å². The van der Waals surface area contributed by atoms with Crippen molar-refractivity contribution in [2.75, 3.05) is 6.61 Å². The number of hydrogen-bond acceptors (Lipinski definition) is 4. The molecule has 0 radical (unpaired) electrons. The topological polar surface area (TPSA) is 89.8 Å². The van der Waals surface area contributed by atoms with Crippen LogP contribution in [-0.4, -0.2) is 46.1 Å². The van der Waals surface area contributed by atoms with E-state index in [-0.39, 0.29) is 12.5 Å². The molecular weight excluding hydrogens is 631 g/mol. The van der Waals surface area contributed by atoms with Crippen LogP contribution in [0.5, 0.6) is 0 Å². The number of hydrogen-bond donors (Lipinski definition) is 4. The molecule has 4 N–H and O–H groups in total. The van der Waals surface area contributed by atoms with Crippen molar-refractivity contribution in [3.05, 3.63) is 36.5 Å². The third-order valence-electron chi connectivity index (χ3n) is 10.2. The van der Waals surface area contributed by atoms with E-state index in [0.717, 1.165) is 44.9 Å². The molecule has 0 rings (SSSR count). The molecule has 0 heterocycles. The maximum Gasteiger partial charge on any atom is 0.220 e. The first kappa shape index (κ1) is 49.6. The molecule has 0 aliphatic carbocycles. The molecule has 51 heavy (non-hydrogen) atoms. The summed E-state index contributed by atoms with van der Waals surface area (Å²) in [6.07, 6.45) is 51.1. The smallest absolute Gasteiger partial charge is 0.220 e. The van der Waals surface area contributed by atoms with Gasteiger partial charge in [0.2, 0.25) is 5.91 Å². The molecule has 300 valence electrons. The highest BCUT2D eigenvalue weighted by Crippen LogP contribution is 2.14. The standard InChI is InChI=1S/C46H87NO4/c1-3-5-7-9-11-13-15-17-19-21-22-23-24-25-27-29-31-33-35-37-39-41-45(50)47-43(42-48)46(51)44(49)40-38-36-34-32-30-28-26-20-18-16-14-12-10-8-6-4-2/h20,23-24,26,32,34,43-44,46,48-49,51H,3-19,21-22,25,27-31,33,35-42H2,1-2H3,(H,47,50)/b24-23-,26-20+,34-32+. The number of nitrogens with one attached hydrogen (secondary N) is 1. The van der Waals surface area contributed by atoms with Gasteiger partial charge in [0.1, 0.15) is 6.10 Å². The number of unbranched alkanes of at least 4 members (excludes halogenated alkanes) is 26. The van der Waals surface area contributed by atoms with Gasteiger partial charge in [0, 0.05) is 6.42 Å². The van der Waals surface area contributed by atoms with E-state index in [4.69, 9.17) is 0 Å². The van der Waals surface area contributed by atoms with E-state index >= 15 is 0 Å². The molecule has 3 unspecified atom stereocenters. The number of aliphatic hydroxyl groups is 3. The summed E-state index contributed by atoms with van der Waals surface area (Å²) < 4.78 is 0. The van der Waals surface area contributed by atoms with Crippen molar-refractivity contribution in [2.24, 2.45) is 0 Å². The molecule has 0 aromatic heterocycles. The second-order valence-electron chi connectivity index (χ2n) is 15.2. The average Bonchev–Trinajstić information content (AvgIpc) is 3.13. The third-order valence-corrected chi connectivity index (χ3v) is 10.2. The first-order valence-electron chi connectivity index (χ1n) is 22.3. The van der Waals surface area contributed by atoms with Crippen LogP contribution in [0.2, 0.25) is 0 Å². The lowest BCUT2D eigenvalue weighted by Gasteiger charge is -2.26. The summed E-state index contributed by atoms with van der Waals surface area (Å²) in [5.74, 6) is -0.163. The van der Waals surface area contributed by atoms with Gasteiger partial charge in [-0.3, -0.25) is 4.79 Å². The maximum absolute atomic E-state index is 12.4. The van der Waals surface area contributed by atoms with E-state index in [0.29, 0.717) is 12.8 Å². The normalized spacial score (nSPS) is 13.9. The molecule has 5 heteroatoms. The Labute approximate surface area is 317 Å². The Morgan fingerprint density at radius 2 is 0.804 bits per heavy atom. The lowest BCUT2D eigenvalue weighted by molar-refractivity contribution is -0.124. The van der Waals surface area contributed by atoms with Gasteiger partial charge in [-0.25, -0.2) is 0 Å². The molecular formula is C46H87NO4. The highest BCUT2D eigenvalue weighted by Gasteiger charge is 2.26. The number of carbonyl (C=O) groups is 1. The van der Waals surface area contributed by atoms with E-state index in [1.165, 1.54) is 154 Å². The molecule has 0 aromatic carbocycles. The zero-order valence-corrected chi connectivity index (χ0v) is 34.0. The van der Waals surface area contributed by atoms with Gasteiger partial charge in [-0.05, 0) is 77.0 Å². The molecule has 5 nitrogen and oxygen atoms in total. The highest BCUT2D eigenvalue weighted by molar-refractivity contribution is 5.76. The average molecular weight is 718 g/mol. The number of aliphatic hydroxyl groups excluding tert-OH is 3. The fraction of sp³-hybridized carbons (Fsp3) is 0.848. The summed E-state index contributed by atoms with van der Waals surface area (Å²) >= 11 is 0. The van der Waals surface area contributed by atoms with Crippen LogP contribution in [0, 0.1) is 0 Å². The molecule has 0 aliphatic rings. The van der Waals surface area contributed by atoms with E-state index < -0.39 is 18.2 Å². The third kappa shape index (κ3) is 36.7. The van der Waals surface area contributed by atoms with Gasteiger partial charge in [-0.1, -0.05) is 179 Å². The van der Waals surface area contributed by atoms with Gasteiger partial charge < -0.3 is 20.6 Å². The summed E-state index contributed by atoms with van der Waals surface area (Å²) in [5, 5.41) is 33.5. The van der Waals surface area contributed by atoms with Crippen molar-refractivity contribution in [3.63, 3.8) is 0 Å². The van der Waals surface area contributed by atoms with E-state index in [9.17, 15) is 20.1 Å². The van der Waals surface area contributed by atoms with Gasteiger partial charge in [-0.2, -0.15) is 0 Å². The number of carbonyl (C=O) groups excluding carboxylic acids is 1. The summed E-state index contributed by atoms with van der Waals surface area (Å²) in [6.45, 7) is 4.16. The predicted molar refractivity (Wildman–Crippen MR) is 222 cm³/mol. The summed E-state index contributed by atoms with van der Waals surface area (Å²) in [6, 6.07) is -0.833. The predicted octanol–water partition coefficient (Wildman–Crippen LogP) is 12.8. The lowest BCUT2D eigenvalue weighted by atomic mass is 10.0. The Hall–Kier alpha value is -1.43. The zero-order valence-electron chi connectivity index (χ0n) is 34.0. The quantitative estimate of drug-likeness (QED) is 0.0375. The largest absolute Gasteiger partial charge is 0.394 e. The van der Waals surface area contributed by atoms with Crippen molar-refractivity contribution in [1.29, 1.82) is 0 Å². The first-order valence-corrected chi connectivity index (χ1v) is 22.3. The molecule has 0 aliphatic heterocycles. The van der Waals surface area contributed by atoms with Gasteiger partial charge in [0.05, 0.1) is 18.8 Å². The molecule has 0 bridgehead atoms. The van der Waals surface area contributed by atoms with Crippen LogP contribution in [0.3, 0.4) is 0 Å². The first-order chi connectivity index (χ1) is 25.1. The second kappa shape index (κ2) is 41.3. The SMILES string of the molecule is CCCCCCCCC/C=C/CC/C=C/CCCC(O)C(O)C(CO)NC(=O)CCCCCCCCC/C=C\CCCCCCCCCCCC. The van der Waals surface area contributed by atoms with Gasteiger partial charge in [0.25, 0.3) is 0 Å². The van der Waals surface area contributed by atoms with Crippen LogP contribution >= 0.6 is 0 Å². The lowest BCUT2D eigenvalue weighted by Crippen LogP contribution is -2.50. The molecule has 0 aromatic rings. The van der Waals surface area contributed by atoms with Crippen molar-refractivity contribution in [3.8, 4) is 0 Å².